The highest BCUT2D eigenvalue weighted by Crippen LogP contribution is 2.12. The van der Waals surface area contributed by atoms with Crippen LogP contribution in [-0.4, -0.2) is 14.3 Å². The van der Waals surface area contributed by atoms with Gasteiger partial charge in [-0.05, 0) is 42.3 Å². The lowest BCUT2D eigenvalue weighted by Crippen LogP contribution is -2.41. The highest BCUT2D eigenvalue weighted by Gasteiger charge is 2.15. The van der Waals surface area contributed by atoms with E-state index in [0.29, 0.717) is 5.02 Å². The van der Waals surface area contributed by atoms with Gasteiger partial charge in [0, 0.05) is 10.6 Å². The normalized spacial score (nSPS) is 11.2. The maximum atomic E-state index is 12.2. The molecule has 0 radical (unpaired) electrons. The third kappa shape index (κ3) is 4.79. The molecule has 2 rings (SSSR count). The zero-order valence-electron chi connectivity index (χ0n) is 12.5. The second-order valence-electron chi connectivity index (χ2n) is 4.96. The van der Waals surface area contributed by atoms with Crippen LogP contribution in [0.4, 0.5) is 0 Å². The van der Waals surface area contributed by atoms with Crippen molar-refractivity contribution in [2.45, 2.75) is 24.7 Å². The Hall–Kier alpha value is -1.89. The predicted molar refractivity (Wildman–Crippen MR) is 89.7 cm³/mol. The lowest BCUT2D eigenvalue weighted by Gasteiger charge is -2.09. The number of nitrogens with one attached hydrogen (secondary N) is 2. The lowest BCUT2D eigenvalue weighted by molar-refractivity contribution is 0.0945. The van der Waals surface area contributed by atoms with Crippen molar-refractivity contribution in [1.82, 2.24) is 10.3 Å². The number of sulfonamides is 1. The summed E-state index contributed by atoms with van der Waals surface area (Å²) in [6, 6.07) is 12.8. The molecule has 23 heavy (non-hydrogen) atoms. The molecule has 2 aromatic carbocycles. The number of aryl methyl sites for hydroxylation is 1. The predicted octanol–water partition coefficient (Wildman–Crippen LogP) is 2.92. The van der Waals surface area contributed by atoms with Crippen molar-refractivity contribution in [3.8, 4) is 0 Å². The van der Waals surface area contributed by atoms with Gasteiger partial charge in [-0.3, -0.25) is 10.2 Å². The number of carbonyl (C=O) groups is 1. The fourth-order valence-electron chi connectivity index (χ4n) is 2.00. The Labute approximate surface area is 140 Å². The van der Waals surface area contributed by atoms with Gasteiger partial charge in [-0.2, -0.15) is 0 Å². The van der Waals surface area contributed by atoms with Crippen molar-refractivity contribution < 1.29 is 13.2 Å². The number of hydrogen-bond acceptors (Lipinski definition) is 3. The molecule has 7 heteroatoms. The summed E-state index contributed by atoms with van der Waals surface area (Å²) >= 11 is 5.80. The Balaban J connectivity index is 2.05. The first-order valence-corrected chi connectivity index (χ1v) is 8.95. The molecule has 0 saturated carbocycles. The summed E-state index contributed by atoms with van der Waals surface area (Å²) in [6.45, 7) is 2.05. The van der Waals surface area contributed by atoms with Crippen LogP contribution < -0.4 is 10.3 Å². The average Bonchev–Trinajstić information content (AvgIpc) is 2.53. The van der Waals surface area contributed by atoms with E-state index in [9.17, 15) is 13.2 Å². The summed E-state index contributed by atoms with van der Waals surface area (Å²) in [6.07, 6.45) is 1.87. The number of halogens is 1. The SMILES string of the molecule is CCCc1ccc(S(=O)(=O)NNC(=O)c2cccc(Cl)c2)cc1. The molecule has 0 aliphatic rings. The van der Waals surface area contributed by atoms with Crippen LogP contribution in [0.3, 0.4) is 0 Å². The molecule has 0 aromatic heterocycles. The quantitative estimate of drug-likeness (QED) is 0.785. The first kappa shape index (κ1) is 17.5. The average molecular weight is 353 g/mol. The van der Waals surface area contributed by atoms with Crippen LogP contribution in [0.25, 0.3) is 0 Å². The fourth-order valence-corrected chi connectivity index (χ4v) is 3.03. The van der Waals surface area contributed by atoms with Crippen molar-refractivity contribution >= 4 is 27.5 Å². The fraction of sp³-hybridized carbons (Fsp3) is 0.188. The molecular formula is C16H17ClN2O3S. The van der Waals surface area contributed by atoms with Gasteiger partial charge in [-0.25, -0.2) is 8.42 Å². The van der Waals surface area contributed by atoms with Crippen molar-refractivity contribution in [3.63, 3.8) is 0 Å². The maximum absolute atomic E-state index is 12.2. The van der Waals surface area contributed by atoms with Gasteiger partial charge in [-0.15, -0.1) is 4.83 Å². The van der Waals surface area contributed by atoms with Crippen molar-refractivity contribution in [2.75, 3.05) is 0 Å². The van der Waals surface area contributed by atoms with Gasteiger partial charge in [0.2, 0.25) is 0 Å². The Morgan fingerprint density at radius 1 is 1.13 bits per heavy atom. The van der Waals surface area contributed by atoms with Crippen LogP contribution >= 0.6 is 11.6 Å². The molecule has 1 amide bonds. The third-order valence-corrected chi connectivity index (χ3v) is 4.66. The van der Waals surface area contributed by atoms with Gasteiger partial charge in [0.05, 0.1) is 4.90 Å². The Morgan fingerprint density at radius 3 is 2.43 bits per heavy atom. The number of rotatable bonds is 6. The molecule has 0 unspecified atom stereocenters. The highest BCUT2D eigenvalue weighted by molar-refractivity contribution is 7.89. The molecule has 0 heterocycles. The molecular weight excluding hydrogens is 336 g/mol. The third-order valence-electron chi connectivity index (χ3n) is 3.16. The maximum Gasteiger partial charge on any atom is 0.266 e. The van der Waals surface area contributed by atoms with Gasteiger partial charge >= 0.3 is 0 Å². The standard InChI is InChI=1S/C16H17ClN2O3S/c1-2-4-12-7-9-15(10-8-12)23(21,22)19-18-16(20)13-5-3-6-14(17)11-13/h3,5-11,19H,2,4H2,1H3,(H,18,20). The van der Waals surface area contributed by atoms with Gasteiger partial charge in [0.1, 0.15) is 0 Å². The largest absolute Gasteiger partial charge is 0.273 e. The van der Waals surface area contributed by atoms with E-state index in [1.807, 2.05) is 0 Å². The minimum absolute atomic E-state index is 0.0868. The van der Waals surface area contributed by atoms with E-state index in [1.165, 1.54) is 24.3 Å². The summed E-state index contributed by atoms with van der Waals surface area (Å²) < 4.78 is 24.3. The van der Waals surface area contributed by atoms with Gasteiger partial charge < -0.3 is 0 Å². The first-order valence-electron chi connectivity index (χ1n) is 7.09. The van der Waals surface area contributed by atoms with E-state index < -0.39 is 15.9 Å². The van der Waals surface area contributed by atoms with Crippen LogP contribution in [0, 0.1) is 0 Å². The second-order valence-corrected chi connectivity index (χ2v) is 7.08. The van der Waals surface area contributed by atoms with Crippen LogP contribution in [0.5, 0.6) is 0 Å². The van der Waals surface area contributed by atoms with Crippen molar-refractivity contribution in [1.29, 1.82) is 0 Å². The smallest absolute Gasteiger partial charge is 0.266 e. The van der Waals surface area contributed by atoms with Crippen LogP contribution in [-0.2, 0) is 16.4 Å². The van der Waals surface area contributed by atoms with E-state index >= 15 is 0 Å². The molecule has 2 N–H and O–H groups in total. The summed E-state index contributed by atoms with van der Waals surface area (Å²) in [5.74, 6) is -0.585. The van der Waals surface area contributed by atoms with E-state index in [1.54, 1.807) is 24.3 Å². The van der Waals surface area contributed by atoms with Crippen LogP contribution in [0.15, 0.2) is 53.4 Å². The second kappa shape index (κ2) is 7.59. The summed E-state index contributed by atoms with van der Waals surface area (Å²) in [5, 5.41) is 0.395. The number of amides is 1. The van der Waals surface area contributed by atoms with Crippen LogP contribution in [0.2, 0.25) is 5.02 Å². The zero-order valence-corrected chi connectivity index (χ0v) is 14.1. The number of benzene rings is 2. The Morgan fingerprint density at radius 2 is 1.83 bits per heavy atom. The number of hydrazine groups is 1. The van der Waals surface area contributed by atoms with Gasteiger partial charge in [-0.1, -0.05) is 43.1 Å². The van der Waals surface area contributed by atoms with Gasteiger partial charge in [0.15, 0.2) is 0 Å². The molecule has 0 bridgehead atoms. The molecule has 122 valence electrons. The molecule has 0 saturated heterocycles. The highest BCUT2D eigenvalue weighted by atomic mass is 35.5. The van der Waals surface area contributed by atoms with E-state index in [-0.39, 0.29) is 10.5 Å². The lowest BCUT2D eigenvalue weighted by atomic mass is 10.1. The molecule has 0 fully saturated rings. The first-order chi connectivity index (χ1) is 10.9. The molecule has 2 aromatic rings. The molecule has 0 atom stereocenters. The van der Waals surface area contributed by atoms with E-state index in [0.717, 1.165) is 18.4 Å². The number of hydrogen-bond donors (Lipinski definition) is 2. The summed E-state index contributed by atoms with van der Waals surface area (Å²) in [4.78, 5) is 14.1. The Bertz CT molecular complexity index is 789. The van der Waals surface area contributed by atoms with E-state index in [2.05, 4.69) is 17.2 Å². The summed E-state index contributed by atoms with van der Waals surface area (Å²) in [7, 11) is -3.82. The van der Waals surface area contributed by atoms with Gasteiger partial charge in [0.25, 0.3) is 15.9 Å². The van der Waals surface area contributed by atoms with E-state index in [4.69, 9.17) is 11.6 Å². The monoisotopic (exact) mass is 352 g/mol. The zero-order chi connectivity index (χ0) is 16.9. The minimum atomic E-state index is -3.82. The number of carbonyl (C=O) groups excluding carboxylic acids is 1. The topological polar surface area (TPSA) is 75.3 Å². The molecule has 0 aliphatic heterocycles. The summed E-state index contributed by atoms with van der Waals surface area (Å²) in [5.41, 5.74) is 3.50. The Kier molecular flexibility index (Phi) is 5.76. The van der Waals surface area contributed by atoms with Crippen molar-refractivity contribution in [2.24, 2.45) is 0 Å². The molecule has 0 spiro atoms. The minimum Gasteiger partial charge on any atom is -0.273 e. The molecule has 5 nitrogen and oxygen atoms in total. The van der Waals surface area contributed by atoms with Crippen LogP contribution in [0.1, 0.15) is 29.3 Å². The van der Waals surface area contributed by atoms with Crippen molar-refractivity contribution in [3.05, 3.63) is 64.7 Å². The molecule has 0 aliphatic carbocycles.